The third kappa shape index (κ3) is 5.95. The summed E-state index contributed by atoms with van der Waals surface area (Å²) in [5.74, 6) is 0.923. The average Bonchev–Trinajstić information content (AvgIpc) is 3.17. The van der Waals surface area contributed by atoms with Crippen molar-refractivity contribution >= 4 is 41.5 Å². The highest BCUT2D eigenvalue weighted by atomic mass is 127. The zero-order chi connectivity index (χ0) is 18.6. The average molecular weight is 508 g/mol. The van der Waals surface area contributed by atoms with Gasteiger partial charge in [0.2, 0.25) is 0 Å². The van der Waals surface area contributed by atoms with Crippen LogP contribution in [0.5, 0.6) is 0 Å². The van der Waals surface area contributed by atoms with Crippen molar-refractivity contribution in [3.63, 3.8) is 0 Å². The number of benzene rings is 1. The Balaban J connectivity index is 0.00000261. The second-order valence-corrected chi connectivity index (χ2v) is 8.14. The van der Waals surface area contributed by atoms with E-state index in [0.29, 0.717) is 6.61 Å². The fourth-order valence-electron chi connectivity index (χ4n) is 3.63. The number of nitrogens with zero attached hydrogens (tertiary/aromatic N) is 2. The van der Waals surface area contributed by atoms with Gasteiger partial charge in [-0.3, -0.25) is 4.99 Å². The van der Waals surface area contributed by atoms with Crippen molar-refractivity contribution < 1.29 is 9.47 Å². The summed E-state index contributed by atoms with van der Waals surface area (Å²) >= 11 is 6.16. The van der Waals surface area contributed by atoms with Gasteiger partial charge < -0.3 is 19.7 Å². The maximum absolute atomic E-state index is 6.16. The number of morpholine rings is 1. The van der Waals surface area contributed by atoms with Gasteiger partial charge in [-0.2, -0.15) is 0 Å². The van der Waals surface area contributed by atoms with E-state index in [0.717, 1.165) is 50.1 Å². The van der Waals surface area contributed by atoms with Crippen LogP contribution in [0.25, 0.3) is 0 Å². The summed E-state index contributed by atoms with van der Waals surface area (Å²) in [6, 6.07) is 8.07. The van der Waals surface area contributed by atoms with Gasteiger partial charge >= 0.3 is 0 Å². The largest absolute Gasteiger partial charge is 0.375 e. The third-order valence-electron chi connectivity index (χ3n) is 5.28. The van der Waals surface area contributed by atoms with Crippen LogP contribution in [0.1, 0.15) is 32.3 Å². The normalized spacial score (nSPS) is 23.9. The molecular weight excluding hydrogens is 477 g/mol. The number of nitrogens with one attached hydrogen (secondary N) is 1. The summed E-state index contributed by atoms with van der Waals surface area (Å²) < 4.78 is 11.8. The Morgan fingerprint density at radius 2 is 2.07 bits per heavy atom. The number of halogens is 2. The lowest BCUT2D eigenvalue weighted by Gasteiger charge is -2.38. The minimum atomic E-state index is -0.0545. The third-order valence-corrected chi connectivity index (χ3v) is 5.51. The first-order chi connectivity index (χ1) is 12.5. The van der Waals surface area contributed by atoms with Crippen LogP contribution in [-0.4, -0.2) is 63.0 Å². The Morgan fingerprint density at radius 3 is 2.74 bits per heavy atom. The highest BCUT2D eigenvalue weighted by molar-refractivity contribution is 14.0. The predicted molar refractivity (Wildman–Crippen MR) is 122 cm³/mol. The number of ether oxygens (including phenoxy) is 2. The van der Waals surface area contributed by atoms with Gasteiger partial charge in [0.15, 0.2) is 5.96 Å². The number of aliphatic imine (C=N–C) groups is 1. The van der Waals surface area contributed by atoms with Gasteiger partial charge in [0, 0.05) is 43.7 Å². The number of rotatable bonds is 4. The Morgan fingerprint density at radius 1 is 1.30 bits per heavy atom. The van der Waals surface area contributed by atoms with Crippen LogP contribution in [0, 0.1) is 0 Å². The molecule has 0 spiro atoms. The van der Waals surface area contributed by atoms with Crippen molar-refractivity contribution in [2.24, 2.45) is 4.99 Å². The van der Waals surface area contributed by atoms with Gasteiger partial charge in [-0.25, -0.2) is 0 Å². The lowest BCUT2D eigenvalue weighted by Crippen LogP contribution is -2.54. The summed E-state index contributed by atoms with van der Waals surface area (Å²) in [6.45, 7) is 8.44. The molecule has 2 heterocycles. The van der Waals surface area contributed by atoms with E-state index >= 15 is 0 Å². The van der Waals surface area contributed by atoms with Crippen molar-refractivity contribution in [2.75, 3.05) is 39.9 Å². The van der Waals surface area contributed by atoms with Gasteiger partial charge in [0.1, 0.15) is 6.10 Å². The molecule has 0 aliphatic carbocycles. The molecule has 0 radical (unpaired) electrons. The molecule has 1 N–H and O–H groups in total. The molecule has 2 unspecified atom stereocenters. The zero-order valence-electron chi connectivity index (χ0n) is 16.4. The van der Waals surface area contributed by atoms with Crippen LogP contribution in [-0.2, 0) is 14.9 Å². The van der Waals surface area contributed by atoms with E-state index in [1.807, 2.05) is 25.2 Å². The summed E-state index contributed by atoms with van der Waals surface area (Å²) in [7, 11) is 1.84. The quantitative estimate of drug-likeness (QED) is 0.384. The first kappa shape index (κ1) is 22.7. The lowest BCUT2D eigenvalue weighted by atomic mass is 9.84. The Labute approximate surface area is 184 Å². The molecule has 0 aromatic heterocycles. The molecule has 0 bridgehead atoms. The molecule has 2 fully saturated rings. The van der Waals surface area contributed by atoms with E-state index in [1.165, 1.54) is 5.56 Å². The molecule has 0 saturated carbocycles. The highest BCUT2D eigenvalue weighted by Crippen LogP contribution is 2.25. The lowest BCUT2D eigenvalue weighted by molar-refractivity contribution is -0.0817. The molecule has 1 aromatic carbocycles. The van der Waals surface area contributed by atoms with Crippen LogP contribution in [0.2, 0.25) is 5.02 Å². The summed E-state index contributed by atoms with van der Waals surface area (Å²) in [4.78, 5) is 6.78. The second kappa shape index (κ2) is 10.3. The standard InChI is InChI=1S/C20H30ClN3O2.HI/c1-20(2,15-6-4-7-16(21)12-15)14-23-19(22-3)24-9-11-26-18(13-24)17-8-5-10-25-17;/h4,6-7,12,17-18H,5,8-11,13-14H2,1-3H3,(H,22,23);1H. The van der Waals surface area contributed by atoms with E-state index in [2.05, 4.69) is 35.1 Å². The molecule has 27 heavy (non-hydrogen) atoms. The second-order valence-electron chi connectivity index (χ2n) is 7.70. The Hall–Kier alpha value is -0.570. The van der Waals surface area contributed by atoms with E-state index in [4.69, 9.17) is 21.1 Å². The van der Waals surface area contributed by atoms with Gasteiger partial charge in [-0.15, -0.1) is 24.0 Å². The monoisotopic (exact) mass is 507 g/mol. The summed E-state index contributed by atoms with van der Waals surface area (Å²) in [6.07, 6.45) is 2.57. The van der Waals surface area contributed by atoms with E-state index < -0.39 is 0 Å². The molecule has 2 saturated heterocycles. The molecule has 7 heteroatoms. The van der Waals surface area contributed by atoms with Crippen molar-refractivity contribution in [3.8, 4) is 0 Å². The number of hydrogen-bond acceptors (Lipinski definition) is 3. The first-order valence-electron chi connectivity index (χ1n) is 9.44. The summed E-state index contributed by atoms with van der Waals surface area (Å²) in [5, 5.41) is 4.32. The predicted octanol–water partition coefficient (Wildman–Crippen LogP) is 3.69. The fraction of sp³-hybridized carbons (Fsp3) is 0.650. The van der Waals surface area contributed by atoms with Crippen molar-refractivity contribution in [2.45, 2.75) is 44.3 Å². The molecule has 152 valence electrons. The van der Waals surface area contributed by atoms with Crippen molar-refractivity contribution in [3.05, 3.63) is 34.9 Å². The molecule has 2 aliphatic heterocycles. The molecule has 3 rings (SSSR count). The van der Waals surface area contributed by atoms with Gasteiger partial charge in [0.25, 0.3) is 0 Å². The minimum absolute atomic E-state index is 0. The minimum Gasteiger partial charge on any atom is -0.375 e. The maximum Gasteiger partial charge on any atom is 0.193 e. The first-order valence-corrected chi connectivity index (χ1v) is 9.82. The smallest absolute Gasteiger partial charge is 0.193 e. The van der Waals surface area contributed by atoms with Crippen molar-refractivity contribution in [1.82, 2.24) is 10.2 Å². The maximum atomic E-state index is 6.16. The fourth-order valence-corrected chi connectivity index (χ4v) is 3.82. The SMILES string of the molecule is CN=C(NCC(C)(C)c1cccc(Cl)c1)N1CCOC(C2CCCO2)C1.I. The van der Waals surface area contributed by atoms with Crippen molar-refractivity contribution in [1.29, 1.82) is 0 Å². The summed E-state index contributed by atoms with van der Waals surface area (Å²) in [5.41, 5.74) is 1.16. The molecule has 2 aliphatic rings. The van der Waals surface area contributed by atoms with E-state index in [1.54, 1.807) is 0 Å². The molecule has 1 aromatic rings. The van der Waals surface area contributed by atoms with Crippen LogP contribution in [0.3, 0.4) is 0 Å². The van der Waals surface area contributed by atoms with Crippen LogP contribution >= 0.6 is 35.6 Å². The topological polar surface area (TPSA) is 46.1 Å². The Kier molecular flexibility index (Phi) is 8.65. The van der Waals surface area contributed by atoms with Crippen LogP contribution < -0.4 is 5.32 Å². The van der Waals surface area contributed by atoms with Gasteiger partial charge in [0.05, 0.1) is 12.7 Å². The number of hydrogen-bond donors (Lipinski definition) is 1. The zero-order valence-corrected chi connectivity index (χ0v) is 19.5. The van der Waals surface area contributed by atoms with Gasteiger partial charge in [-0.05, 0) is 30.5 Å². The molecule has 5 nitrogen and oxygen atoms in total. The molecular formula is C20H31ClIN3O2. The van der Waals surface area contributed by atoms with Gasteiger partial charge in [-0.1, -0.05) is 37.6 Å². The van der Waals surface area contributed by atoms with Crippen LogP contribution in [0.15, 0.2) is 29.3 Å². The van der Waals surface area contributed by atoms with E-state index in [9.17, 15) is 0 Å². The molecule has 2 atom stereocenters. The van der Waals surface area contributed by atoms with E-state index in [-0.39, 0.29) is 41.6 Å². The van der Waals surface area contributed by atoms with Crippen LogP contribution in [0.4, 0.5) is 0 Å². The highest BCUT2D eigenvalue weighted by Gasteiger charge is 2.32. The number of guanidine groups is 1. The Bertz CT molecular complexity index is 635. The molecule has 0 amide bonds.